The molecule has 0 aromatic heterocycles. The minimum Gasteiger partial charge on any atom is -0.494 e. The van der Waals surface area contributed by atoms with Gasteiger partial charge in [0.1, 0.15) is 11.9 Å². The van der Waals surface area contributed by atoms with E-state index in [2.05, 4.69) is 31.2 Å². The lowest BCUT2D eigenvalue weighted by molar-refractivity contribution is -0.0700. The third kappa shape index (κ3) is 4.78. The largest absolute Gasteiger partial charge is 0.494 e. The van der Waals surface area contributed by atoms with E-state index in [1.165, 1.54) is 11.8 Å². The Bertz CT molecular complexity index is 821. The monoisotopic (exact) mass is 418 g/mol. The first-order chi connectivity index (χ1) is 13.8. The topological polar surface area (TPSA) is 90.2 Å². The Morgan fingerprint density at radius 3 is 2.24 bits per heavy atom. The maximum Gasteiger partial charge on any atom is 0.119 e. The van der Waals surface area contributed by atoms with Gasteiger partial charge in [0.25, 0.3) is 0 Å². The second-order valence-corrected chi connectivity index (χ2v) is 9.02. The molecule has 1 heterocycles. The van der Waals surface area contributed by atoms with Gasteiger partial charge in [0.05, 0.1) is 35.9 Å². The molecule has 5 nitrogen and oxygen atoms in total. The van der Waals surface area contributed by atoms with E-state index in [-0.39, 0.29) is 6.61 Å². The number of ether oxygens (including phenoxy) is 1. The van der Waals surface area contributed by atoms with Crippen molar-refractivity contribution >= 4 is 11.8 Å². The van der Waals surface area contributed by atoms with Gasteiger partial charge in [0, 0.05) is 0 Å². The summed E-state index contributed by atoms with van der Waals surface area (Å²) in [4.78, 5) is 0. The van der Waals surface area contributed by atoms with Gasteiger partial charge in [-0.3, -0.25) is 0 Å². The molecule has 4 N–H and O–H groups in total. The first kappa shape index (κ1) is 22.1. The first-order valence-corrected chi connectivity index (χ1v) is 10.9. The van der Waals surface area contributed by atoms with E-state index in [0.717, 1.165) is 40.0 Å². The lowest BCUT2D eigenvalue weighted by Gasteiger charge is -2.40. The summed E-state index contributed by atoms with van der Waals surface area (Å²) in [5, 5.41) is 39.6. The molecule has 1 fully saturated rings. The van der Waals surface area contributed by atoms with Crippen molar-refractivity contribution in [2.24, 2.45) is 0 Å². The van der Waals surface area contributed by atoms with E-state index in [1.807, 2.05) is 26.0 Å². The lowest BCUT2D eigenvalue weighted by atomic mass is 9.90. The van der Waals surface area contributed by atoms with Crippen molar-refractivity contribution in [3.05, 3.63) is 64.2 Å². The molecule has 0 bridgehead atoms. The van der Waals surface area contributed by atoms with Crippen molar-refractivity contribution in [3.8, 4) is 5.75 Å². The fraction of sp³-hybridized carbons (Fsp3) is 0.478. The quantitative estimate of drug-likeness (QED) is 0.576. The highest BCUT2D eigenvalue weighted by Gasteiger charge is 2.44. The van der Waals surface area contributed by atoms with Crippen molar-refractivity contribution in [1.82, 2.24) is 0 Å². The van der Waals surface area contributed by atoms with E-state index in [9.17, 15) is 20.4 Å². The Morgan fingerprint density at radius 2 is 1.62 bits per heavy atom. The molecule has 2 aromatic carbocycles. The van der Waals surface area contributed by atoms with Gasteiger partial charge in [-0.15, -0.1) is 11.8 Å². The van der Waals surface area contributed by atoms with E-state index < -0.39 is 28.8 Å². The lowest BCUT2D eigenvalue weighted by Crippen LogP contribution is -2.51. The van der Waals surface area contributed by atoms with E-state index in [0.29, 0.717) is 6.61 Å². The summed E-state index contributed by atoms with van der Waals surface area (Å²) in [5.74, 6) is 0.849. The average Bonchev–Trinajstić information content (AvgIpc) is 2.70. The van der Waals surface area contributed by atoms with Crippen LogP contribution in [0.5, 0.6) is 5.75 Å². The highest BCUT2D eigenvalue weighted by Crippen LogP contribution is 2.44. The summed E-state index contributed by atoms with van der Waals surface area (Å²) in [7, 11) is 0. The summed E-state index contributed by atoms with van der Waals surface area (Å²) in [6, 6.07) is 12.2. The zero-order chi connectivity index (χ0) is 21.1. The molecule has 0 radical (unpaired) electrons. The summed E-state index contributed by atoms with van der Waals surface area (Å²) in [6.07, 6.45) is -2.79. The van der Waals surface area contributed by atoms with Crippen molar-refractivity contribution in [2.75, 3.05) is 13.2 Å². The Balaban J connectivity index is 1.89. The second-order valence-electron chi connectivity index (χ2n) is 7.64. The summed E-state index contributed by atoms with van der Waals surface area (Å²) in [6.45, 7) is 6.40. The van der Waals surface area contributed by atoms with Gasteiger partial charge in [-0.25, -0.2) is 0 Å². The normalized spacial score (nSPS) is 27.1. The molecule has 2 aromatic rings. The van der Waals surface area contributed by atoms with Crippen LogP contribution in [0, 0.1) is 13.8 Å². The van der Waals surface area contributed by atoms with Gasteiger partial charge < -0.3 is 25.2 Å². The molecule has 0 saturated carbocycles. The van der Waals surface area contributed by atoms with Crippen LogP contribution in [0.4, 0.5) is 0 Å². The highest BCUT2D eigenvalue weighted by atomic mass is 32.2. The van der Waals surface area contributed by atoms with Gasteiger partial charge in [-0.1, -0.05) is 24.3 Å². The van der Waals surface area contributed by atoms with Crippen LogP contribution in [0.3, 0.4) is 0 Å². The van der Waals surface area contributed by atoms with Gasteiger partial charge >= 0.3 is 0 Å². The van der Waals surface area contributed by atoms with Crippen molar-refractivity contribution < 1.29 is 25.2 Å². The molecule has 3 rings (SSSR count). The zero-order valence-electron chi connectivity index (χ0n) is 17.1. The van der Waals surface area contributed by atoms with Gasteiger partial charge in [0.15, 0.2) is 0 Å². The first-order valence-electron chi connectivity index (χ1n) is 9.98. The molecular weight excluding hydrogens is 388 g/mol. The number of rotatable bonds is 6. The van der Waals surface area contributed by atoms with Crippen LogP contribution < -0.4 is 4.74 Å². The minimum absolute atomic E-state index is 0.254. The maximum absolute atomic E-state index is 10.6. The minimum atomic E-state index is -1.28. The molecule has 6 heteroatoms. The number of aryl methyl sites for hydroxylation is 2. The number of aliphatic hydroxyl groups excluding tert-OH is 4. The Hall–Kier alpha value is -1.57. The molecule has 0 amide bonds. The predicted octanol–water partition coefficient (Wildman–Crippen LogP) is 2.52. The molecule has 5 unspecified atom stereocenters. The third-order valence-corrected chi connectivity index (χ3v) is 7.16. The molecule has 0 aliphatic carbocycles. The molecule has 1 aliphatic rings. The van der Waals surface area contributed by atoms with Crippen LogP contribution in [0.15, 0.2) is 36.4 Å². The Kier molecular flexibility index (Phi) is 7.24. The van der Waals surface area contributed by atoms with E-state index >= 15 is 0 Å². The maximum atomic E-state index is 10.6. The average molecular weight is 419 g/mol. The third-order valence-electron chi connectivity index (χ3n) is 5.55. The molecule has 1 saturated heterocycles. The standard InChI is InChI=1S/C23H30O5S/c1-4-28-17-7-5-15(6-8-17)10-16-11-18(14(3)9-13(16)2)23-22(27)21(26)20(25)19(12-24)29-23/h5-9,11,19-27H,4,10,12H2,1-3H3. The number of hydrogen-bond donors (Lipinski definition) is 4. The molecule has 5 atom stereocenters. The number of hydrogen-bond acceptors (Lipinski definition) is 6. The number of aliphatic hydroxyl groups is 4. The zero-order valence-corrected chi connectivity index (χ0v) is 17.9. The van der Waals surface area contributed by atoms with Gasteiger partial charge in [0.2, 0.25) is 0 Å². The van der Waals surface area contributed by atoms with Crippen molar-refractivity contribution in [3.63, 3.8) is 0 Å². The van der Waals surface area contributed by atoms with Gasteiger partial charge in [-0.2, -0.15) is 0 Å². The number of thioether (sulfide) groups is 1. The van der Waals surface area contributed by atoms with Crippen molar-refractivity contribution in [2.45, 2.75) is 56.0 Å². The number of benzene rings is 2. The SMILES string of the molecule is CCOc1ccc(Cc2cc(C3SC(CO)C(O)C(O)C3O)c(C)cc2C)cc1. The van der Waals surface area contributed by atoms with Crippen LogP contribution in [0.2, 0.25) is 0 Å². The fourth-order valence-corrected chi connectivity index (χ4v) is 5.37. The molecule has 0 spiro atoms. The summed E-state index contributed by atoms with van der Waals surface area (Å²) < 4.78 is 5.51. The van der Waals surface area contributed by atoms with E-state index in [4.69, 9.17) is 4.74 Å². The van der Waals surface area contributed by atoms with Crippen LogP contribution in [0.1, 0.15) is 40.0 Å². The second kappa shape index (κ2) is 9.49. The van der Waals surface area contributed by atoms with Crippen molar-refractivity contribution in [1.29, 1.82) is 0 Å². The summed E-state index contributed by atoms with van der Waals surface area (Å²) >= 11 is 1.32. The molecular formula is C23H30O5S. The van der Waals surface area contributed by atoms with E-state index in [1.54, 1.807) is 0 Å². The van der Waals surface area contributed by atoms with Gasteiger partial charge in [-0.05, 0) is 67.1 Å². The van der Waals surface area contributed by atoms with Crippen LogP contribution in [-0.2, 0) is 6.42 Å². The Morgan fingerprint density at radius 1 is 0.931 bits per heavy atom. The summed E-state index contributed by atoms with van der Waals surface area (Å²) in [5.41, 5.74) is 5.42. The molecule has 29 heavy (non-hydrogen) atoms. The molecule has 1 aliphatic heterocycles. The van der Waals surface area contributed by atoms with Crippen LogP contribution >= 0.6 is 11.8 Å². The highest BCUT2D eigenvalue weighted by molar-refractivity contribution is 8.00. The Labute approximate surface area is 176 Å². The smallest absolute Gasteiger partial charge is 0.119 e. The van der Waals surface area contributed by atoms with Crippen LogP contribution in [-0.4, -0.2) is 57.2 Å². The fourth-order valence-electron chi connectivity index (χ4n) is 3.86. The molecule has 158 valence electrons. The predicted molar refractivity (Wildman–Crippen MR) is 116 cm³/mol. The van der Waals surface area contributed by atoms with Crippen LogP contribution in [0.25, 0.3) is 0 Å².